The molecule has 3 N–H and O–H groups in total. The molecule has 0 bridgehead atoms. The zero-order valence-electron chi connectivity index (χ0n) is 11.9. The first-order chi connectivity index (χ1) is 9.16. The van der Waals surface area contributed by atoms with Crippen LogP contribution in [-0.2, 0) is 0 Å². The number of unbranched alkanes of at least 4 members (excludes halogenated alkanes) is 3. The summed E-state index contributed by atoms with van der Waals surface area (Å²) in [6.45, 7) is 2.87. The van der Waals surface area contributed by atoms with Crippen molar-refractivity contribution < 1.29 is 10.2 Å². The highest BCUT2D eigenvalue weighted by atomic mass is 32.2. The third-order valence-corrected chi connectivity index (χ3v) is 3.92. The van der Waals surface area contributed by atoms with Gasteiger partial charge in [0.05, 0.1) is 5.56 Å². The Kier molecular flexibility index (Phi) is 7.75. The molecule has 1 aromatic carbocycles. The van der Waals surface area contributed by atoms with Crippen LogP contribution in [0.15, 0.2) is 18.2 Å². The molecule has 0 amide bonds. The Morgan fingerprint density at radius 2 is 1.74 bits per heavy atom. The molecule has 108 valence electrons. The van der Waals surface area contributed by atoms with Crippen molar-refractivity contribution in [3.05, 3.63) is 23.8 Å². The van der Waals surface area contributed by atoms with Crippen LogP contribution in [0.1, 0.15) is 44.2 Å². The second-order valence-electron chi connectivity index (χ2n) is 4.79. The molecule has 0 saturated heterocycles. The van der Waals surface area contributed by atoms with Gasteiger partial charge in [-0.05, 0) is 50.5 Å². The van der Waals surface area contributed by atoms with Gasteiger partial charge in [-0.1, -0.05) is 18.9 Å². The summed E-state index contributed by atoms with van der Waals surface area (Å²) in [5, 5.41) is 22.9. The largest absolute Gasteiger partial charge is 0.507 e. The quantitative estimate of drug-likeness (QED) is 0.605. The van der Waals surface area contributed by atoms with E-state index in [1.807, 2.05) is 18.7 Å². The molecule has 0 fully saturated rings. The van der Waals surface area contributed by atoms with E-state index in [4.69, 9.17) is 0 Å². The van der Waals surface area contributed by atoms with Crippen LogP contribution in [0.5, 0.6) is 11.5 Å². The maximum absolute atomic E-state index is 9.76. The smallest absolute Gasteiger partial charge is 0.124 e. The van der Waals surface area contributed by atoms with Crippen LogP contribution >= 0.6 is 11.8 Å². The summed E-state index contributed by atoms with van der Waals surface area (Å²) in [5.74, 6) is 1.55. The molecule has 1 unspecified atom stereocenters. The summed E-state index contributed by atoms with van der Waals surface area (Å²) in [4.78, 5) is 0. The van der Waals surface area contributed by atoms with E-state index in [0.717, 1.165) is 13.0 Å². The Bertz CT molecular complexity index is 351. The van der Waals surface area contributed by atoms with Gasteiger partial charge in [0.1, 0.15) is 11.5 Å². The summed E-state index contributed by atoms with van der Waals surface area (Å²) in [6.07, 6.45) is 7.07. The second-order valence-corrected chi connectivity index (χ2v) is 5.78. The molecule has 4 heteroatoms. The topological polar surface area (TPSA) is 52.5 Å². The number of hydrogen-bond acceptors (Lipinski definition) is 4. The minimum absolute atomic E-state index is 0.0348. The summed E-state index contributed by atoms with van der Waals surface area (Å²) >= 11 is 1.90. The van der Waals surface area contributed by atoms with Gasteiger partial charge in [-0.2, -0.15) is 11.8 Å². The van der Waals surface area contributed by atoms with E-state index in [0.29, 0.717) is 5.56 Å². The Balaban J connectivity index is 2.26. The van der Waals surface area contributed by atoms with Crippen LogP contribution in [0.25, 0.3) is 0 Å². The highest BCUT2D eigenvalue weighted by Gasteiger charge is 2.13. The molecule has 0 aliphatic rings. The summed E-state index contributed by atoms with van der Waals surface area (Å²) in [7, 11) is 0. The minimum Gasteiger partial charge on any atom is -0.507 e. The molecule has 0 aromatic heterocycles. The summed E-state index contributed by atoms with van der Waals surface area (Å²) < 4.78 is 0. The number of phenols is 2. The first kappa shape index (κ1) is 16.2. The normalized spacial score (nSPS) is 12.5. The highest BCUT2D eigenvalue weighted by Crippen LogP contribution is 2.31. The molecule has 0 spiro atoms. The zero-order valence-corrected chi connectivity index (χ0v) is 12.7. The fourth-order valence-electron chi connectivity index (χ4n) is 2.13. The SMILES string of the molecule is CSCCCCCCNC(C)c1c(O)cccc1O. The number of hydrogen-bond donors (Lipinski definition) is 3. The lowest BCUT2D eigenvalue weighted by Crippen LogP contribution is -2.20. The highest BCUT2D eigenvalue weighted by molar-refractivity contribution is 7.98. The molecule has 0 saturated carbocycles. The van der Waals surface area contributed by atoms with Crippen LogP contribution in [0, 0.1) is 0 Å². The van der Waals surface area contributed by atoms with Crippen molar-refractivity contribution in [2.75, 3.05) is 18.6 Å². The van der Waals surface area contributed by atoms with Gasteiger partial charge in [-0.25, -0.2) is 0 Å². The molecule has 19 heavy (non-hydrogen) atoms. The molecule has 1 aromatic rings. The molecule has 1 atom stereocenters. The molecule has 0 aliphatic carbocycles. The Morgan fingerprint density at radius 3 is 2.37 bits per heavy atom. The number of nitrogens with one attached hydrogen (secondary N) is 1. The molecule has 1 rings (SSSR count). The van der Waals surface area contributed by atoms with Gasteiger partial charge in [-0.15, -0.1) is 0 Å². The predicted molar refractivity (Wildman–Crippen MR) is 83.0 cm³/mol. The van der Waals surface area contributed by atoms with E-state index >= 15 is 0 Å². The van der Waals surface area contributed by atoms with Gasteiger partial charge in [0.2, 0.25) is 0 Å². The van der Waals surface area contributed by atoms with Crippen molar-refractivity contribution in [1.29, 1.82) is 0 Å². The molecule has 3 nitrogen and oxygen atoms in total. The summed E-state index contributed by atoms with van der Waals surface area (Å²) in [6, 6.07) is 4.82. The van der Waals surface area contributed by atoms with Gasteiger partial charge in [0, 0.05) is 6.04 Å². The fraction of sp³-hybridized carbons (Fsp3) is 0.600. The van der Waals surface area contributed by atoms with Gasteiger partial charge < -0.3 is 15.5 Å². The van der Waals surface area contributed by atoms with E-state index in [2.05, 4.69) is 11.6 Å². The number of rotatable bonds is 9. The standard InChI is InChI=1S/C15H25NO2S/c1-12(15-13(17)8-7-9-14(15)18)16-10-5-3-4-6-11-19-2/h7-9,12,16-18H,3-6,10-11H2,1-2H3. The predicted octanol–water partition coefficient (Wildman–Crippen LogP) is 3.67. The Morgan fingerprint density at radius 1 is 1.11 bits per heavy atom. The van der Waals surface area contributed by atoms with Crippen molar-refractivity contribution in [3.63, 3.8) is 0 Å². The van der Waals surface area contributed by atoms with Gasteiger partial charge in [0.15, 0.2) is 0 Å². The Hall–Kier alpha value is -0.870. The van der Waals surface area contributed by atoms with Crippen molar-refractivity contribution in [2.45, 2.75) is 38.6 Å². The number of phenolic OH excluding ortho intramolecular Hbond substituents is 2. The Labute approximate surface area is 120 Å². The average molecular weight is 283 g/mol. The van der Waals surface area contributed by atoms with Crippen molar-refractivity contribution in [1.82, 2.24) is 5.32 Å². The van der Waals surface area contributed by atoms with Crippen LogP contribution < -0.4 is 5.32 Å². The van der Waals surface area contributed by atoms with Gasteiger partial charge in [0.25, 0.3) is 0 Å². The van der Waals surface area contributed by atoms with E-state index < -0.39 is 0 Å². The molecule has 0 radical (unpaired) electrons. The molecule has 0 aliphatic heterocycles. The lowest BCUT2D eigenvalue weighted by atomic mass is 10.1. The minimum atomic E-state index is -0.0348. The van der Waals surface area contributed by atoms with Crippen LogP contribution in [-0.4, -0.2) is 28.8 Å². The maximum Gasteiger partial charge on any atom is 0.124 e. The third kappa shape index (κ3) is 5.74. The monoisotopic (exact) mass is 283 g/mol. The van der Waals surface area contributed by atoms with E-state index in [1.54, 1.807) is 18.2 Å². The van der Waals surface area contributed by atoms with Crippen molar-refractivity contribution in [2.24, 2.45) is 0 Å². The third-order valence-electron chi connectivity index (χ3n) is 3.22. The zero-order chi connectivity index (χ0) is 14.1. The van der Waals surface area contributed by atoms with Crippen molar-refractivity contribution >= 4 is 11.8 Å². The molecular formula is C15H25NO2S. The number of thioether (sulfide) groups is 1. The average Bonchev–Trinajstić information content (AvgIpc) is 2.37. The molecular weight excluding hydrogens is 258 g/mol. The molecule has 0 heterocycles. The van der Waals surface area contributed by atoms with Crippen molar-refractivity contribution in [3.8, 4) is 11.5 Å². The lowest BCUT2D eigenvalue weighted by Gasteiger charge is -2.16. The first-order valence-corrected chi connectivity index (χ1v) is 8.29. The first-order valence-electron chi connectivity index (χ1n) is 6.90. The van der Waals surface area contributed by atoms with E-state index in [9.17, 15) is 10.2 Å². The fourth-order valence-corrected chi connectivity index (χ4v) is 2.62. The van der Waals surface area contributed by atoms with E-state index in [-0.39, 0.29) is 17.5 Å². The summed E-state index contributed by atoms with van der Waals surface area (Å²) in [5.41, 5.74) is 0.588. The van der Waals surface area contributed by atoms with Gasteiger partial charge in [-0.3, -0.25) is 0 Å². The lowest BCUT2D eigenvalue weighted by molar-refractivity contribution is 0.417. The van der Waals surface area contributed by atoms with Crippen LogP contribution in [0.4, 0.5) is 0 Å². The number of aromatic hydroxyl groups is 2. The van der Waals surface area contributed by atoms with Crippen LogP contribution in [0.3, 0.4) is 0 Å². The van der Waals surface area contributed by atoms with Gasteiger partial charge >= 0.3 is 0 Å². The number of benzene rings is 1. The van der Waals surface area contributed by atoms with E-state index in [1.165, 1.54) is 25.0 Å². The second kappa shape index (κ2) is 9.10. The van der Waals surface area contributed by atoms with Crippen LogP contribution in [0.2, 0.25) is 0 Å². The maximum atomic E-state index is 9.76.